The molecular weight excluding hydrogens is 316 g/mol. The number of amides is 2. The van der Waals surface area contributed by atoms with Gasteiger partial charge in [0.25, 0.3) is 5.91 Å². The van der Waals surface area contributed by atoms with Gasteiger partial charge in [-0.05, 0) is 63.8 Å². The molecule has 2 amide bonds. The molecule has 1 atom stereocenters. The molecule has 1 N–H and O–H groups in total. The molecule has 1 saturated carbocycles. The van der Waals surface area contributed by atoms with Crippen molar-refractivity contribution in [3.8, 4) is 5.75 Å². The van der Waals surface area contributed by atoms with Crippen molar-refractivity contribution in [1.82, 2.24) is 10.2 Å². The summed E-state index contributed by atoms with van der Waals surface area (Å²) in [5.41, 5.74) is 0.639. The fourth-order valence-electron chi connectivity index (χ4n) is 3.25. The van der Waals surface area contributed by atoms with Gasteiger partial charge in [0.1, 0.15) is 5.75 Å². The van der Waals surface area contributed by atoms with E-state index >= 15 is 0 Å². The van der Waals surface area contributed by atoms with Gasteiger partial charge in [-0.25, -0.2) is 0 Å². The zero-order valence-electron chi connectivity index (χ0n) is 15.2. The summed E-state index contributed by atoms with van der Waals surface area (Å²) >= 11 is 0. The number of carbonyl (C=O) groups excluding carboxylic acids is 2. The van der Waals surface area contributed by atoms with Crippen LogP contribution >= 0.6 is 0 Å². The summed E-state index contributed by atoms with van der Waals surface area (Å²) in [6.45, 7) is 6.20. The highest BCUT2D eigenvalue weighted by Gasteiger charge is 2.35. The Morgan fingerprint density at radius 3 is 2.56 bits per heavy atom. The van der Waals surface area contributed by atoms with Crippen molar-refractivity contribution in [1.29, 1.82) is 0 Å². The van der Waals surface area contributed by atoms with Gasteiger partial charge in [0.2, 0.25) is 5.91 Å². The number of piperidine rings is 1. The summed E-state index contributed by atoms with van der Waals surface area (Å²) in [6.07, 6.45) is 4.28. The summed E-state index contributed by atoms with van der Waals surface area (Å²) in [4.78, 5) is 26.2. The average Bonchev–Trinajstić information content (AvgIpc) is 3.44. The Labute approximate surface area is 149 Å². The lowest BCUT2D eigenvalue weighted by Crippen LogP contribution is -2.42. The van der Waals surface area contributed by atoms with Crippen molar-refractivity contribution in [2.75, 3.05) is 19.7 Å². The van der Waals surface area contributed by atoms with Gasteiger partial charge >= 0.3 is 0 Å². The van der Waals surface area contributed by atoms with Gasteiger partial charge in [0.05, 0.1) is 6.61 Å². The van der Waals surface area contributed by atoms with E-state index in [-0.39, 0.29) is 11.9 Å². The van der Waals surface area contributed by atoms with E-state index in [2.05, 4.69) is 5.32 Å². The zero-order chi connectivity index (χ0) is 17.8. The smallest absolute Gasteiger partial charge is 0.251 e. The Morgan fingerprint density at radius 1 is 1.20 bits per heavy atom. The summed E-state index contributed by atoms with van der Waals surface area (Å²) in [5, 5.41) is 2.87. The first kappa shape index (κ1) is 17.8. The van der Waals surface area contributed by atoms with Crippen molar-refractivity contribution in [3.05, 3.63) is 29.8 Å². The van der Waals surface area contributed by atoms with Gasteiger partial charge in [0, 0.05) is 36.5 Å². The van der Waals surface area contributed by atoms with E-state index in [4.69, 9.17) is 4.74 Å². The van der Waals surface area contributed by atoms with Crippen molar-refractivity contribution < 1.29 is 14.3 Å². The molecule has 5 nitrogen and oxygen atoms in total. The average molecular weight is 344 g/mol. The minimum atomic E-state index is -0.0666. The number of nitrogens with one attached hydrogen (secondary N) is 1. The summed E-state index contributed by atoms with van der Waals surface area (Å²) in [7, 11) is 0. The van der Waals surface area contributed by atoms with E-state index in [1.165, 1.54) is 0 Å². The maximum absolute atomic E-state index is 12.2. The molecule has 25 heavy (non-hydrogen) atoms. The Hall–Kier alpha value is -2.04. The predicted molar refractivity (Wildman–Crippen MR) is 96.6 cm³/mol. The van der Waals surface area contributed by atoms with Crippen LogP contribution in [0.15, 0.2) is 24.3 Å². The highest BCUT2D eigenvalue weighted by Crippen LogP contribution is 2.32. The summed E-state index contributed by atoms with van der Waals surface area (Å²) < 4.78 is 5.90. The number of benzene rings is 1. The van der Waals surface area contributed by atoms with Gasteiger partial charge in [-0.15, -0.1) is 0 Å². The lowest BCUT2D eigenvalue weighted by molar-refractivity contribution is -0.134. The SMILES string of the molecule is CC(C)NC(=O)c1ccc(OC[C@H]2CCCN(C(=O)C3CC3)C2)cc1. The molecule has 2 fully saturated rings. The molecule has 1 aromatic rings. The molecule has 0 radical (unpaired) electrons. The molecule has 1 aliphatic carbocycles. The van der Waals surface area contributed by atoms with Crippen LogP contribution in [0.4, 0.5) is 0 Å². The van der Waals surface area contributed by atoms with Gasteiger partial charge in [-0.3, -0.25) is 9.59 Å². The van der Waals surface area contributed by atoms with E-state index in [0.29, 0.717) is 29.9 Å². The fraction of sp³-hybridized carbons (Fsp3) is 0.600. The minimum Gasteiger partial charge on any atom is -0.493 e. The number of carbonyl (C=O) groups is 2. The summed E-state index contributed by atoms with van der Waals surface area (Å²) in [5.74, 6) is 1.73. The molecule has 1 heterocycles. The number of hydrogen-bond donors (Lipinski definition) is 1. The first-order valence-electron chi connectivity index (χ1n) is 9.35. The predicted octanol–water partition coefficient (Wildman–Crippen LogP) is 2.85. The van der Waals surface area contributed by atoms with Crippen molar-refractivity contribution >= 4 is 11.8 Å². The van der Waals surface area contributed by atoms with E-state index < -0.39 is 0 Å². The molecule has 3 rings (SSSR count). The van der Waals surface area contributed by atoms with E-state index in [1.807, 2.05) is 30.9 Å². The van der Waals surface area contributed by atoms with Crippen LogP contribution in [0.1, 0.15) is 49.9 Å². The monoisotopic (exact) mass is 344 g/mol. The molecular formula is C20H28N2O3. The molecule has 136 valence electrons. The first-order valence-corrected chi connectivity index (χ1v) is 9.35. The maximum Gasteiger partial charge on any atom is 0.251 e. The highest BCUT2D eigenvalue weighted by molar-refractivity contribution is 5.94. The highest BCUT2D eigenvalue weighted by atomic mass is 16.5. The number of ether oxygens (including phenoxy) is 1. The van der Waals surface area contributed by atoms with Crippen molar-refractivity contribution in [3.63, 3.8) is 0 Å². The molecule has 1 aliphatic heterocycles. The van der Waals surface area contributed by atoms with Gasteiger partial charge < -0.3 is 15.0 Å². The second kappa shape index (κ2) is 7.89. The molecule has 1 saturated heterocycles. The van der Waals surface area contributed by atoms with Crippen LogP contribution in [0.25, 0.3) is 0 Å². The Bertz CT molecular complexity index is 608. The van der Waals surface area contributed by atoms with Crippen LogP contribution < -0.4 is 10.1 Å². The van der Waals surface area contributed by atoms with Crippen LogP contribution in [0.5, 0.6) is 5.75 Å². The summed E-state index contributed by atoms with van der Waals surface area (Å²) in [6, 6.07) is 7.38. The third-order valence-corrected chi connectivity index (χ3v) is 4.78. The topological polar surface area (TPSA) is 58.6 Å². The Morgan fingerprint density at radius 2 is 1.92 bits per heavy atom. The lowest BCUT2D eigenvalue weighted by Gasteiger charge is -2.32. The second-order valence-corrected chi connectivity index (χ2v) is 7.53. The van der Waals surface area contributed by atoms with Crippen molar-refractivity contribution in [2.24, 2.45) is 11.8 Å². The molecule has 0 spiro atoms. The Kier molecular flexibility index (Phi) is 5.61. The number of rotatable bonds is 6. The normalized spacial score (nSPS) is 20.4. The quantitative estimate of drug-likeness (QED) is 0.863. The molecule has 1 aromatic carbocycles. The molecule has 0 bridgehead atoms. The van der Waals surface area contributed by atoms with Crippen LogP contribution in [0.2, 0.25) is 0 Å². The Balaban J connectivity index is 1.47. The first-order chi connectivity index (χ1) is 12.0. The molecule has 0 aromatic heterocycles. The fourth-order valence-corrected chi connectivity index (χ4v) is 3.25. The number of likely N-dealkylation sites (tertiary alicyclic amines) is 1. The van der Waals surface area contributed by atoms with E-state index in [9.17, 15) is 9.59 Å². The van der Waals surface area contributed by atoms with E-state index in [0.717, 1.165) is 44.5 Å². The third-order valence-electron chi connectivity index (χ3n) is 4.78. The van der Waals surface area contributed by atoms with E-state index in [1.54, 1.807) is 12.1 Å². The van der Waals surface area contributed by atoms with Crippen LogP contribution in [-0.2, 0) is 4.79 Å². The zero-order valence-corrected chi connectivity index (χ0v) is 15.2. The number of hydrogen-bond acceptors (Lipinski definition) is 3. The van der Waals surface area contributed by atoms with Crippen molar-refractivity contribution in [2.45, 2.75) is 45.6 Å². The van der Waals surface area contributed by atoms with Crippen LogP contribution in [0.3, 0.4) is 0 Å². The molecule has 2 aliphatic rings. The minimum absolute atomic E-state index is 0.0666. The van der Waals surface area contributed by atoms with Gasteiger partial charge in [-0.1, -0.05) is 0 Å². The number of nitrogens with zero attached hydrogens (tertiary/aromatic N) is 1. The molecule has 5 heteroatoms. The lowest BCUT2D eigenvalue weighted by atomic mass is 9.98. The standard InChI is InChI=1S/C20H28N2O3/c1-14(2)21-19(23)16-7-9-18(10-8-16)25-13-15-4-3-11-22(12-15)20(24)17-5-6-17/h7-10,14-15,17H,3-6,11-13H2,1-2H3,(H,21,23)/t15-/m0/s1. The maximum atomic E-state index is 12.2. The second-order valence-electron chi connectivity index (χ2n) is 7.53. The largest absolute Gasteiger partial charge is 0.493 e. The molecule has 0 unspecified atom stereocenters. The van der Waals surface area contributed by atoms with Crippen LogP contribution in [-0.4, -0.2) is 42.5 Å². The van der Waals surface area contributed by atoms with Gasteiger partial charge in [-0.2, -0.15) is 0 Å². The van der Waals surface area contributed by atoms with Crippen LogP contribution in [0, 0.1) is 11.8 Å². The van der Waals surface area contributed by atoms with Gasteiger partial charge in [0.15, 0.2) is 0 Å². The third kappa shape index (κ3) is 4.97.